The molecule has 2 N–H and O–H groups in total. The third kappa shape index (κ3) is 6.24. The topological polar surface area (TPSA) is 36.4 Å². The van der Waals surface area contributed by atoms with Gasteiger partial charge in [0.25, 0.3) is 0 Å². The van der Waals surface area contributed by atoms with Gasteiger partial charge in [0.1, 0.15) is 12.0 Å². The van der Waals surface area contributed by atoms with Crippen LogP contribution < -0.4 is 10.6 Å². The molecule has 3 rings (SSSR count). The molecule has 3 nitrogen and oxygen atoms in total. The van der Waals surface area contributed by atoms with Crippen LogP contribution in [0.4, 0.5) is 0 Å². The molecule has 2 aromatic rings. The lowest BCUT2D eigenvalue weighted by molar-refractivity contribution is 0.610. The smallest absolute Gasteiger partial charge is 0.148 e. The molecule has 0 aromatic heterocycles. The molecule has 1 aliphatic heterocycles. The maximum absolute atomic E-state index is 6.35. The molecule has 0 bridgehead atoms. The van der Waals surface area contributed by atoms with Gasteiger partial charge < -0.3 is 10.6 Å². The van der Waals surface area contributed by atoms with Crippen molar-refractivity contribution in [3.8, 4) is 0 Å². The largest absolute Gasteiger partial charge is 0.363 e. The fourth-order valence-corrected chi connectivity index (χ4v) is 3.43. The molecule has 0 spiro atoms. The highest BCUT2D eigenvalue weighted by Crippen LogP contribution is 2.28. The Kier molecular flexibility index (Phi) is 9.19. The molecule has 0 radical (unpaired) electrons. The number of nitrogens with one attached hydrogen (secondary N) is 2. The number of nitrogens with zero attached hydrogens (tertiary/aromatic N) is 1. The van der Waals surface area contributed by atoms with Gasteiger partial charge in [0.05, 0.1) is 0 Å². The van der Waals surface area contributed by atoms with Crippen molar-refractivity contribution in [3.05, 3.63) is 88.1 Å². The van der Waals surface area contributed by atoms with Crippen molar-refractivity contribution in [2.45, 2.75) is 60.0 Å². The molecule has 0 saturated heterocycles. The summed E-state index contributed by atoms with van der Waals surface area (Å²) in [5.41, 5.74) is 6.19. The highest BCUT2D eigenvalue weighted by Gasteiger charge is 2.21. The number of aryl methyl sites for hydroxylation is 1. The lowest BCUT2D eigenvalue weighted by Crippen LogP contribution is -2.33. The second-order valence-electron chi connectivity index (χ2n) is 7.57. The number of allylic oxidation sites excluding steroid dienone is 1. The summed E-state index contributed by atoms with van der Waals surface area (Å²) in [5.74, 6) is 0.814. The van der Waals surface area contributed by atoms with Crippen molar-refractivity contribution in [1.29, 1.82) is 0 Å². The van der Waals surface area contributed by atoms with Crippen LogP contribution >= 0.6 is 11.6 Å². The van der Waals surface area contributed by atoms with Crippen molar-refractivity contribution >= 4 is 23.1 Å². The summed E-state index contributed by atoms with van der Waals surface area (Å²) >= 11 is 6.35. The Morgan fingerprint density at radius 1 is 1.03 bits per heavy atom. The summed E-state index contributed by atoms with van der Waals surface area (Å²) in [6.45, 7) is 14.8. The van der Waals surface area contributed by atoms with Gasteiger partial charge in [0.2, 0.25) is 0 Å². The van der Waals surface area contributed by atoms with Gasteiger partial charge in [-0.1, -0.05) is 93.8 Å². The predicted octanol–water partition coefficient (Wildman–Crippen LogP) is 7.40. The zero-order chi connectivity index (χ0) is 22.1. The summed E-state index contributed by atoms with van der Waals surface area (Å²) < 4.78 is 0. The molecule has 1 atom stereocenters. The second kappa shape index (κ2) is 11.6. The van der Waals surface area contributed by atoms with Crippen LogP contribution in [0.3, 0.4) is 0 Å². The van der Waals surface area contributed by atoms with Gasteiger partial charge in [-0.2, -0.15) is 0 Å². The van der Waals surface area contributed by atoms with Crippen molar-refractivity contribution in [2.24, 2.45) is 4.99 Å². The van der Waals surface area contributed by atoms with Crippen LogP contribution in [0.1, 0.15) is 69.8 Å². The summed E-state index contributed by atoms with van der Waals surface area (Å²) in [6, 6.07) is 15.9. The van der Waals surface area contributed by atoms with E-state index in [-0.39, 0.29) is 6.17 Å². The van der Waals surface area contributed by atoms with E-state index in [1.54, 1.807) is 0 Å². The first-order chi connectivity index (χ1) is 14.4. The van der Waals surface area contributed by atoms with Crippen LogP contribution in [0.15, 0.2) is 71.4 Å². The van der Waals surface area contributed by atoms with Crippen LogP contribution in [0, 0.1) is 6.92 Å². The molecule has 4 heteroatoms. The average molecular weight is 424 g/mol. The molecule has 0 amide bonds. The summed E-state index contributed by atoms with van der Waals surface area (Å²) in [4.78, 5) is 4.83. The number of halogens is 1. The van der Waals surface area contributed by atoms with E-state index in [0.29, 0.717) is 5.02 Å². The Labute approximate surface area is 187 Å². The number of amidine groups is 1. The Bertz CT molecular complexity index is 925. The Balaban J connectivity index is 0.000000575. The van der Waals surface area contributed by atoms with Crippen molar-refractivity contribution in [2.75, 3.05) is 0 Å². The number of hydrogen-bond acceptors (Lipinski definition) is 3. The van der Waals surface area contributed by atoms with Crippen molar-refractivity contribution < 1.29 is 0 Å². The standard InChI is InChI=1S/C21H22ClN3.C5H12/c1-13-9-5-6-10-17(13)16(4)24-20-14(2)15(3)23-21(25-20)18-11-7-8-12-19(18)22;1-3-5-4-2/h5-12,21,23H,4H2,1-3H3,(H,24,25);3-5H2,1-2H3. The third-order valence-corrected chi connectivity index (χ3v) is 5.52. The van der Waals surface area contributed by atoms with Crippen molar-refractivity contribution in [1.82, 2.24) is 10.6 Å². The minimum absolute atomic E-state index is 0.218. The van der Waals surface area contributed by atoms with Crippen LogP contribution in [0.5, 0.6) is 0 Å². The van der Waals surface area contributed by atoms with Crippen LogP contribution in [0.2, 0.25) is 5.02 Å². The molecule has 30 heavy (non-hydrogen) atoms. The summed E-state index contributed by atoms with van der Waals surface area (Å²) in [5, 5.41) is 7.51. The van der Waals surface area contributed by atoms with Crippen LogP contribution in [0.25, 0.3) is 5.70 Å². The summed E-state index contributed by atoms with van der Waals surface area (Å²) in [6.07, 6.45) is 3.86. The van der Waals surface area contributed by atoms with E-state index < -0.39 is 0 Å². The Morgan fingerprint density at radius 2 is 1.67 bits per heavy atom. The molecule has 1 unspecified atom stereocenters. The molecular formula is C26H34ClN3. The fourth-order valence-electron chi connectivity index (χ4n) is 3.19. The van der Waals surface area contributed by atoms with Gasteiger partial charge in [-0.25, -0.2) is 4.99 Å². The lowest BCUT2D eigenvalue weighted by Gasteiger charge is -2.27. The zero-order valence-electron chi connectivity index (χ0n) is 18.8. The van der Waals surface area contributed by atoms with E-state index in [2.05, 4.69) is 50.1 Å². The van der Waals surface area contributed by atoms with E-state index in [4.69, 9.17) is 16.6 Å². The first kappa shape index (κ1) is 23.8. The molecule has 1 heterocycles. The number of rotatable bonds is 5. The molecule has 1 aliphatic rings. The van der Waals surface area contributed by atoms with Gasteiger partial charge in [-0.3, -0.25) is 0 Å². The second-order valence-corrected chi connectivity index (χ2v) is 7.98. The Morgan fingerprint density at radius 3 is 2.27 bits per heavy atom. The van der Waals surface area contributed by atoms with E-state index in [1.807, 2.05) is 50.2 Å². The molecule has 2 aromatic carbocycles. The van der Waals surface area contributed by atoms with Gasteiger partial charge in [-0.05, 0) is 32.4 Å². The predicted molar refractivity (Wildman–Crippen MR) is 132 cm³/mol. The number of unbranched alkanes of at least 4 members (excludes halogenated alkanes) is 2. The lowest BCUT2D eigenvalue weighted by atomic mass is 10.1. The first-order valence-corrected chi connectivity index (χ1v) is 11.0. The van der Waals surface area contributed by atoms with Gasteiger partial charge in [0.15, 0.2) is 0 Å². The minimum atomic E-state index is -0.218. The fraction of sp³-hybridized carbons (Fsp3) is 0.346. The van der Waals surface area contributed by atoms with Gasteiger partial charge in [-0.15, -0.1) is 0 Å². The number of aliphatic imine (C=N–C) groups is 1. The maximum Gasteiger partial charge on any atom is 0.148 e. The summed E-state index contributed by atoms with van der Waals surface area (Å²) in [7, 11) is 0. The normalized spacial score (nSPS) is 15.5. The van der Waals surface area contributed by atoms with Gasteiger partial charge in [0, 0.05) is 33.1 Å². The molecule has 0 fully saturated rings. The SMILES string of the molecule is C=C(NC1=NC(c2ccccc2Cl)NC(C)=C1C)c1ccccc1C.CCCCC. The van der Waals surface area contributed by atoms with E-state index in [0.717, 1.165) is 33.9 Å². The first-order valence-electron chi connectivity index (χ1n) is 10.7. The number of benzene rings is 2. The van der Waals surface area contributed by atoms with E-state index in [1.165, 1.54) is 24.8 Å². The van der Waals surface area contributed by atoms with Crippen LogP contribution in [-0.4, -0.2) is 5.84 Å². The maximum atomic E-state index is 6.35. The zero-order valence-corrected chi connectivity index (χ0v) is 19.6. The van der Waals surface area contributed by atoms with Crippen LogP contribution in [-0.2, 0) is 0 Å². The molecule has 160 valence electrons. The van der Waals surface area contributed by atoms with Gasteiger partial charge >= 0.3 is 0 Å². The molecule has 0 saturated carbocycles. The van der Waals surface area contributed by atoms with Crippen molar-refractivity contribution in [3.63, 3.8) is 0 Å². The van der Waals surface area contributed by atoms with E-state index >= 15 is 0 Å². The molecular weight excluding hydrogens is 390 g/mol. The molecule has 0 aliphatic carbocycles. The Hall–Kier alpha value is -2.52. The number of hydrogen-bond donors (Lipinski definition) is 2. The highest BCUT2D eigenvalue weighted by atomic mass is 35.5. The average Bonchev–Trinajstić information content (AvgIpc) is 2.73. The quantitative estimate of drug-likeness (QED) is 0.525. The monoisotopic (exact) mass is 423 g/mol. The highest BCUT2D eigenvalue weighted by molar-refractivity contribution is 6.31. The third-order valence-electron chi connectivity index (χ3n) is 5.18. The minimum Gasteiger partial charge on any atom is -0.363 e. The van der Waals surface area contributed by atoms with E-state index in [9.17, 15) is 0 Å².